The van der Waals surface area contributed by atoms with Gasteiger partial charge in [0.05, 0.1) is 32.0 Å². The molecule has 0 atom stereocenters. The molecule has 0 aromatic carbocycles. The topological polar surface area (TPSA) is 111 Å². The third kappa shape index (κ3) is 2.59. The number of hydrazone groups is 1. The largest absolute Gasteiger partial charge is 0.494 e. The second-order valence-corrected chi connectivity index (χ2v) is 3.88. The fourth-order valence-electron chi connectivity index (χ4n) is 1.73. The Morgan fingerprint density at radius 2 is 2.00 bits per heavy atom. The highest BCUT2D eigenvalue weighted by molar-refractivity contribution is 5.99. The molecule has 8 nitrogen and oxygen atoms in total. The van der Waals surface area contributed by atoms with Gasteiger partial charge in [0.2, 0.25) is 5.88 Å². The molecule has 3 N–H and O–H groups in total. The summed E-state index contributed by atoms with van der Waals surface area (Å²) in [4.78, 5) is 26.7. The second kappa shape index (κ2) is 5.05. The molecule has 1 saturated heterocycles. The molecule has 8 heteroatoms. The molecule has 0 aliphatic carbocycles. The van der Waals surface area contributed by atoms with E-state index in [0.29, 0.717) is 32.0 Å². The van der Waals surface area contributed by atoms with E-state index in [2.05, 4.69) is 10.1 Å². The highest BCUT2D eigenvalue weighted by Gasteiger charge is 2.14. The zero-order valence-electron chi connectivity index (χ0n) is 9.89. The van der Waals surface area contributed by atoms with Gasteiger partial charge in [0, 0.05) is 0 Å². The van der Waals surface area contributed by atoms with Crippen LogP contribution in [0, 0.1) is 0 Å². The Morgan fingerprint density at radius 1 is 1.33 bits per heavy atom. The number of morpholine rings is 1. The molecular weight excluding hydrogens is 240 g/mol. The van der Waals surface area contributed by atoms with Gasteiger partial charge in [0.15, 0.2) is 0 Å². The average Bonchev–Trinajstić information content (AvgIpc) is 2.28. The first kappa shape index (κ1) is 12.4. The minimum Gasteiger partial charge on any atom is -0.494 e. The number of nitrogens with zero attached hydrogens (tertiary/aromatic N) is 2. The Kier molecular flexibility index (Phi) is 3.47. The molecule has 1 aromatic rings. The number of aromatic hydroxyl groups is 1. The Hall–Kier alpha value is -2.09. The van der Waals surface area contributed by atoms with Crippen molar-refractivity contribution >= 4 is 5.71 Å². The summed E-state index contributed by atoms with van der Waals surface area (Å²) >= 11 is 0. The first-order valence-corrected chi connectivity index (χ1v) is 5.52. The maximum atomic E-state index is 11.6. The van der Waals surface area contributed by atoms with Crippen molar-refractivity contribution in [3.8, 4) is 5.88 Å². The lowest BCUT2D eigenvalue weighted by Crippen LogP contribution is -2.34. The van der Waals surface area contributed by atoms with E-state index in [1.807, 2.05) is 4.98 Å². The summed E-state index contributed by atoms with van der Waals surface area (Å²) < 4.78 is 5.17. The summed E-state index contributed by atoms with van der Waals surface area (Å²) in [7, 11) is 0. The van der Waals surface area contributed by atoms with E-state index in [4.69, 9.17) is 4.74 Å². The highest BCUT2D eigenvalue weighted by Crippen LogP contribution is 2.08. The van der Waals surface area contributed by atoms with Crippen LogP contribution in [0.4, 0.5) is 0 Å². The zero-order valence-corrected chi connectivity index (χ0v) is 9.89. The molecule has 2 heterocycles. The predicted octanol–water partition coefficient (Wildman–Crippen LogP) is -1.17. The molecule has 0 unspecified atom stereocenters. The van der Waals surface area contributed by atoms with Crippen LogP contribution in [0.3, 0.4) is 0 Å². The van der Waals surface area contributed by atoms with Gasteiger partial charge >= 0.3 is 5.69 Å². The number of H-pyrrole nitrogens is 2. The van der Waals surface area contributed by atoms with Gasteiger partial charge in [0.1, 0.15) is 5.56 Å². The molecule has 0 amide bonds. The normalized spacial score (nSPS) is 16.9. The fourth-order valence-corrected chi connectivity index (χ4v) is 1.73. The zero-order chi connectivity index (χ0) is 13.1. The van der Waals surface area contributed by atoms with Crippen molar-refractivity contribution in [2.75, 3.05) is 26.3 Å². The van der Waals surface area contributed by atoms with Crippen LogP contribution in [0.25, 0.3) is 0 Å². The van der Waals surface area contributed by atoms with Crippen LogP contribution in [0.5, 0.6) is 5.88 Å². The standard InChI is InChI=1S/C10H14N4O4/c1-6(13-14-2-4-18-5-3-14)7-8(15)11-10(17)12-9(7)16/h2-5H2,1H3,(H3,11,12,15,16,17)/b13-6+. The van der Waals surface area contributed by atoms with Gasteiger partial charge in [-0.05, 0) is 6.92 Å². The van der Waals surface area contributed by atoms with E-state index < -0.39 is 17.1 Å². The molecule has 0 spiro atoms. The van der Waals surface area contributed by atoms with Crippen molar-refractivity contribution < 1.29 is 9.84 Å². The number of rotatable bonds is 2. The molecular formula is C10H14N4O4. The summed E-state index contributed by atoms with van der Waals surface area (Å²) in [5.74, 6) is -0.474. The van der Waals surface area contributed by atoms with Gasteiger partial charge in [-0.3, -0.25) is 19.8 Å². The van der Waals surface area contributed by atoms with Crippen molar-refractivity contribution in [1.29, 1.82) is 0 Å². The van der Waals surface area contributed by atoms with Gasteiger partial charge in [0.25, 0.3) is 5.56 Å². The summed E-state index contributed by atoms with van der Waals surface area (Å²) in [5.41, 5.74) is -1.10. The lowest BCUT2D eigenvalue weighted by Gasteiger charge is -2.24. The molecule has 0 bridgehead atoms. The SMILES string of the molecule is C/C(=N\N1CCOCC1)c1c(O)[nH]c(=O)[nH]c1=O. The molecule has 98 valence electrons. The van der Waals surface area contributed by atoms with Gasteiger partial charge in [-0.25, -0.2) is 4.79 Å². The molecule has 18 heavy (non-hydrogen) atoms. The first-order valence-electron chi connectivity index (χ1n) is 5.52. The first-order chi connectivity index (χ1) is 8.58. The van der Waals surface area contributed by atoms with Crippen LogP contribution in [-0.2, 0) is 4.74 Å². The van der Waals surface area contributed by atoms with Crippen LogP contribution < -0.4 is 11.2 Å². The monoisotopic (exact) mass is 254 g/mol. The van der Waals surface area contributed by atoms with Gasteiger partial charge in [-0.2, -0.15) is 5.10 Å². The Bertz CT molecular complexity index is 568. The number of ether oxygens (including phenoxy) is 1. The molecule has 1 aliphatic heterocycles. The van der Waals surface area contributed by atoms with Gasteiger partial charge < -0.3 is 9.84 Å². The molecule has 0 saturated carbocycles. The fraction of sp³-hybridized carbons (Fsp3) is 0.500. The second-order valence-electron chi connectivity index (χ2n) is 3.88. The molecule has 1 fully saturated rings. The average molecular weight is 254 g/mol. The number of hydrogen-bond acceptors (Lipinski definition) is 6. The number of nitrogens with one attached hydrogen (secondary N) is 2. The van der Waals surface area contributed by atoms with Gasteiger partial charge in [-0.15, -0.1) is 0 Å². The van der Waals surface area contributed by atoms with E-state index >= 15 is 0 Å². The summed E-state index contributed by atoms with van der Waals surface area (Å²) in [6.07, 6.45) is 0. The highest BCUT2D eigenvalue weighted by atomic mass is 16.5. The van der Waals surface area contributed by atoms with Crippen LogP contribution in [0.15, 0.2) is 14.7 Å². The van der Waals surface area contributed by atoms with Crippen molar-refractivity contribution in [2.24, 2.45) is 5.10 Å². The maximum Gasteiger partial charge on any atom is 0.328 e. The lowest BCUT2D eigenvalue weighted by molar-refractivity contribution is 0.0393. The molecule has 1 aliphatic rings. The Balaban J connectivity index is 2.33. The summed E-state index contributed by atoms with van der Waals surface area (Å²) in [6.45, 7) is 3.99. The van der Waals surface area contributed by atoms with Crippen LogP contribution in [0.2, 0.25) is 0 Å². The molecule has 0 radical (unpaired) electrons. The number of hydrogen-bond donors (Lipinski definition) is 3. The molecule has 1 aromatic heterocycles. The smallest absolute Gasteiger partial charge is 0.328 e. The van der Waals surface area contributed by atoms with Crippen molar-refractivity contribution in [2.45, 2.75) is 6.92 Å². The number of aromatic nitrogens is 2. The number of aromatic amines is 2. The summed E-state index contributed by atoms with van der Waals surface area (Å²) in [5, 5.41) is 15.6. The van der Waals surface area contributed by atoms with E-state index in [1.165, 1.54) is 0 Å². The van der Waals surface area contributed by atoms with Crippen molar-refractivity contribution in [1.82, 2.24) is 15.0 Å². The molecule has 2 rings (SSSR count). The Labute approximate surface area is 102 Å². The van der Waals surface area contributed by atoms with Crippen molar-refractivity contribution in [3.05, 3.63) is 26.4 Å². The summed E-state index contributed by atoms with van der Waals surface area (Å²) in [6, 6.07) is 0. The maximum absolute atomic E-state index is 11.6. The minimum atomic E-state index is -0.750. The van der Waals surface area contributed by atoms with Crippen molar-refractivity contribution in [3.63, 3.8) is 0 Å². The lowest BCUT2D eigenvalue weighted by atomic mass is 10.2. The quantitative estimate of drug-likeness (QED) is 0.576. The Morgan fingerprint density at radius 3 is 2.61 bits per heavy atom. The third-order valence-electron chi connectivity index (χ3n) is 2.56. The van der Waals surface area contributed by atoms with Gasteiger partial charge in [-0.1, -0.05) is 0 Å². The van der Waals surface area contributed by atoms with E-state index in [9.17, 15) is 14.7 Å². The van der Waals surface area contributed by atoms with E-state index in [0.717, 1.165) is 0 Å². The van der Waals surface area contributed by atoms with Crippen LogP contribution in [0.1, 0.15) is 12.5 Å². The predicted molar refractivity (Wildman–Crippen MR) is 64.0 cm³/mol. The van der Waals surface area contributed by atoms with E-state index in [-0.39, 0.29) is 5.56 Å². The van der Waals surface area contributed by atoms with E-state index in [1.54, 1.807) is 11.9 Å². The van der Waals surface area contributed by atoms with Crippen LogP contribution in [-0.4, -0.2) is 52.1 Å². The minimum absolute atomic E-state index is 0.0268. The van der Waals surface area contributed by atoms with Crippen LogP contribution >= 0.6 is 0 Å². The third-order valence-corrected chi connectivity index (χ3v) is 2.56.